The number of aryl methyl sites for hydroxylation is 1. The summed E-state index contributed by atoms with van der Waals surface area (Å²) in [6.07, 6.45) is 4.34. The molecule has 0 spiro atoms. The van der Waals surface area contributed by atoms with Gasteiger partial charge >= 0.3 is 0 Å². The third-order valence-corrected chi connectivity index (χ3v) is 4.60. The minimum absolute atomic E-state index is 0.0171. The number of nitrogens with zero attached hydrogens (tertiary/aromatic N) is 3. The highest BCUT2D eigenvalue weighted by molar-refractivity contribution is 6.08. The Balaban J connectivity index is 1.74. The number of para-hydroxylation sites is 2. The Morgan fingerprint density at radius 3 is 2.54 bits per heavy atom. The molecule has 0 saturated carbocycles. The zero-order chi connectivity index (χ0) is 18.1. The number of ketones is 1. The summed E-state index contributed by atoms with van der Waals surface area (Å²) in [5.74, 6) is -0.0877. The van der Waals surface area contributed by atoms with Crippen molar-refractivity contribution >= 4 is 27.6 Å². The smallest absolute Gasteiger partial charge is 0.261 e. The maximum Gasteiger partial charge on any atom is 0.261 e. The number of hydrogen-bond acceptors (Lipinski definition) is 3. The Kier molecular flexibility index (Phi) is 4.13. The molecule has 0 aliphatic rings. The van der Waals surface area contributed by atoms with Gasteiger partial charge in [0.25, 0.3) is 5.56 Å². The van der Waals surface area contributed by atoms with Crippen LogP contribution >= 0.6 is 0 Å². The molecular weight excluding hydrogens is 326 g/mol. The highest BCUT2D eigenvalue weighted by atomic mass is 16.1. The van der Waals surface area contributed by atoms with E-state index in [1.807, 2.05) is 36.5 Å². The Labute approximate surface area is 150 Å². The Bertz CT molecular complexity index is 1170. The van der Waals surface area contributed by atoms with E-state index < -0.39 is 0 Å². The maximum atomic E-state index is 12.9. The van der Waals surface area contributed by atoms with Crippen LogP contribution in [0.1, 0.15) is 23.7 Å². The first-order chi connectivity index (χ1) is 12.7. The molecule has 5 nitrogen and oxygen atoms in total. The highest BCUT2D eigenvalue weighted by Gasteiger charge is 2.16. The molecule has 0 unspecified atom stereocenters. The first kappa shape index (κ1) is 16.3. The van der Waals surface area contributed by atoms with Gasteiger partial charge in [-0.1, -0.05) is 37.3 Å². The van der Waals surface area contributed by atoms with Crippen molar-refractivity contribution in [2.75, 3.05) is 0 Å². The lowest BCUT2D eigenvalue weighted by Crippen LogP contribution is -2.24. The predicted octanol–water partition coefficient (Wildman–Crippen LogP) is 3.64. The van der Waals surface area contributed by atoms with Crippen molar-refractivity contribution in [3.63, 3.8) is 0 Å². The fourth-order valence-corrected chi connectivity index (χ4v) is 3.35. The van der Waals surface area contributed by atoms with Gasteiger partial charge < -0.3 is 4.57 Å². The molecular formula is C21H19N3O2. The largest absolute Gasteiger partial charge is 0.347 e. The van der Waals surface area contributed by atoms with Gasteiger partial charge in [-0.25, -0.2) is 4.98 Å². The number of fused-ring (bicyclic) bond motifs is 2. The highest BCUT2D eigenvalue weighted by Crippen LogP contribution is 2.22. The normalized spacial score (nSPS) is 11.3. The molecule has 2 heterocycles. The monoisotopic (exact) mass is 345 g/mol. The molecule has 2 aromatic heterocycles. The Morgan fingerprint density at radius 2 is 1.73 bits per heavy atom. The molecule has 0 fully saturated rings. The van der Waals surface area contributed by atoms with Crippen molar-refractivity contribution in [3.05, 3.63) is 77.0 Å². The van der Waals surface area contributed by atoms with Gasteiger partial charge in [-0.05, 0) is 24.6 Å². The molecule has 26 heavy (non-hydrogen) atoms. The molecule has 0 saturated heterocycles. The first-order valence-electron chi connectivity index (χ1n) is 8.74. The van der Waals surface area contributed by atoms with E-state index in [1.54, 1.807) is 18.2 Å². The van der Waals surface area contributed by atoms with Crippen LogP contribution in [0.25, 0.3) is 21.8 Å². The fraction of sp³-hybridized carbons (Fsp3) is 0.190. The third-order valence-electron chi connectivity index (χ3n) is 4.60. The number of carbonyl (C=O) groups excluding carboxylic acids is 1. The van der Waals surface area contributed by atoms with E-state index in [0.29, 0.717) is 16.5 Å². The summed E-state index contributed by atoms with van der Waals surface area (Å²) in [5, 5.41) is 1.45. The number of hydrogen-bond donors (Lipinski definition) is 0. The lowest BCUT2D eigenvalue weighted by Gasteiger charge is -2.05. The van der Waals surface area contributed by atoms with Gasteiger partial charge in [-0.15, -0.1) is 0 Å². The lowest BCUT2D eigenvalue weighted by molar-refractivity contribution is 0.0972. The van der Waals surface area contributed by atoms with Crippen LogP contribution in [0.3, 0.4) is 0 Å². The standard InChI is InChI=1S/C21H19N3O2/c1-2-11-23-12-17(15-7-4-6-10-19(15)23)20(25)13-24-14-22-18-9-5-3-8-16(18)21(24)26/h3-10,12,14H,2,11,13H2,1H3. The number of aromatic nitrogens is 3. The summed E-state index contributed by atoms with van der Waals surface area (Å²) in [7, 11) is 0. The maximum absolute atomic E-state index is 12.9. The summed E-state index contributed by atoms with van der Waals surface area (Å²) in [4.78, 5) is 29.9. The first-order valence-corrected chi connectivity index (χ1v) is 8.74. The van der Waals surface area contributed by atoms with E-state index in [-0.39, 0.29) is 17.9 Å². The Morgan fingerprint density at radius 1 is 1.00 bits per heavy atom. The molecule has 0 atom stereocenters. The third kappa shape index (κ3) is 2.71. The number of rotatable bonds is 5. The molecule has 0 aliphatic carbocycles. The molecule has 0 amide bonds. The Hall–Kier alpha value is -3.21. The van der Waals surface area contributed by atoms with Crippen molar-refractivity contribution in [1.82, 2.24) is 14.1 Å². The summed E-state index contributed by atoms with van der Waals surface area (Å²) < 4.78 is 3.49. The van der Waals surface area contributed by atoms with E-state index in [1.165, 1.54) is 10.9 Å². The van der Waals surface area contributed by atoms with Crippen LogP contribution < -0.4 is 5.56 Å². The van der Waals surface area contributed by atoms with Crippen LogP contribution in [0.2, 0.25) is 0 Å². The molecule has 5 heteroatoms. The quantitative estimate of drug-likeness (QED) is 0.519. The van der Waals surface area contributed by atoms with E-state index in [2.05, 4.69) is 16.5 Å². The van der Waals surface area contributed by atoms with Crippen LogP contribution in [0.15, 0.2) is 65.8 Å². The second-order valence-electron chi connectivity index (χ2n) is 6.37. The van der Waals surface area contributed by atoms with Crippen molar-refractivity contribution in [2.45, 2.75) is 26.4 Å². The molecule has 0 bridgehead atoms. The zero-order valence-electron chi connectivity index (χ0n) is 14.6. The van der Waals surface area contributed by atoms with E-state index in [0.717, 1.165) is 23.9 Å². The van der Waals surface area contributed by atoms with Crippen molar-refractivity contribution in [2.24, 2.45) is 0 Å². The van der Waals surface area contributed by atoms with Crippen molar-refractivity contribution in [1.29, 1.82) is 0 Å². The van der Waals surface area contributed by atoms with Crippen LogP contribution in [0.5, 0.6) is 0 Å². The van der Waals surface area contributed by atoms with Crippen molar-refractivity contribution in [3.8, 4) is 0 Å². The van der Waals surface area contributed by atoms with Gasteiger partial charge in [0.1, 0.15) is 0 Å². The molecule has 0 aliphatic heterocycles. The lowest BCUT2D eigenvalue weighted by atomic mass is 10.1. The van der Waals surface area contributed by atoms with Gasteiger partial charge in [0, 0.05) is 29.2 Å². The summed E-state index contributed by atoms with van der Waals surface area (Å²) >= 11 is 0. The molecule has 4 aromatic rings. The van der Waals surface area contributed by atoms with Crippen LogP contribution in [0.4, 0.5) is 0 Å². The molecule has 130 valence electrons. The van der Waals surface area contributed by atoms with Crippen LogP contribution in [0, 0.1) is 0 Å². The minimum atomic E-state index is -0.193. The van der Waals surface area contributed by atoms with Gasteiger partial charge in [0.2, 0.25) is 0 Å². The summed E-state index contributed by atoms with van der Waals surface area (Å²) in [6, 6.07) is 15.0. The van der Waals surface area contributed by atoms with Gasteiger partial charge in [-0.3, -0.25) is 14.2 Å². The molecule has 4 rings (SSSR count). The zero-order valence-corrected chi connectivity index (χ0v) is 14.6. The second-order valence-corrected chi connectivity index (χ2v) is 6.37. The minimum Gasteiger partial charge on any atom is -0.347 e. The van der Waals surface area contributed by atoms with Gasteiger partial charge in [0.05, 0.1) is 23.8 Å². The predicted molar refractivity (Wildman–Crippen MR) is 103 cm³/mol. The van der Waals surface area contributed by atoms with Crippen LogP contribution in [-0.4, -0.2) is 19.9 Å². The number of Topliss-reactive ketones (excluding diaryl/α,β-unsaturated/α-hetero) is 1. The van der Waals surface area contributed by atoms with E-state index in [4.69, 9.17) is 0 Å². The molecule has 2 aromatic carbocycles. The number of carbonyl (C=O) groups is 1. The molecule has 0 N–H and O–H groups in total. The SMILES string of the molecule is CCCn1cc(C(=O)Cn2cnc3ccccc3c2=O)c2ccccc21. The van der Waals surface area contributed by atoms with E-state index >= 15 is 0 Å². The topological polar surface area (TPSA) is 56.9 Å². The summed E-state index contributed by atoms with van der Waals surface area (Å²) in [6.45, 7) is 2.94. The fourth-order valence-electron chi connectivity index (χ4n) is 3.35. The second kappa shape index (κ2) is 6.59. The number of benzene rings is 2. The summed E-state index contributed by atoms with van der Waals surface area (Å²) in [5.41, 5.74) is 2.14. The van der Waals surface area contributed by atoms with E-state index in [9.17, 15) is 9.59 Å². The van der Waals surface area contributed by atoms with Gasteiger partial charge in [-0.2, -0.15) is 0 Å². The molecule has 0 radical (unpaired) electrons. The van der Waals surface area contributed by atoms with Crippen LogP contribution in [-0.2, 0) is 13.1 Å². The average Bonchev–Trinajstić information content (AvgIpc) is 3.03. The average molecular weight is 345 g/mol. The van der Waals surface area contributed by atoms with Gasteiger partial charge in [0.15, 0.2) is 5.78 Å². The van der Waals surface area contributed by atoms with Crippen molar-refractivity contribution < 1.29 is 4.79 Å².